The molecule has 0 atom stereocenters. The third-order valence-corrected chi connectivity index (χ3v) is 3.89. The lowest BCUT2D eigenvalue weighted by atomic mass is 10.1. The van der Waals surface area contributed by atoms with Gasteiger partial charge in [-0.1, -0.05) is 42.1 Å². The number of benzene rings is 2. The van der Waals surface area contributed by atoms with E-state index in [0.29, 0.717) is 5.56 Å². The highest BCUT2D eigenvalue weighted by atomic mass is 32.2. The Morgan fingerprint density at radius 3 is 2.52 bits per heavy atom. The van der Waals surface area contributed by atoms with Crippen LogP contribution in [0.5, 0.6) is 0 Å². The number of nitrogens with zero attached hydrogens (tertiary/aromatic N) is 3. The van der Waals surface area contributed by atoms with Crippen molar-refractivity contribution in [3.8, 4) is 17.3 Å². The maximum Gasteiger partial charge on any atom is 0.127 e. The Bertz CT molecular complexity index is 794. The Hall–Kier alpha value is -2.64. The predicted molar refractivity (Wildman–Crippen MR) is 82.7 cm³/mol. The van der Waals surface area contributed by atoms with Crippen LogP contribution in [0.15, 0.2) is 76.9 Å². The highest BCUT2D eigenvalue weighted by Crippen LogP contribution is 2.32. The molecule has 0 spiro atoms. The van der Waals surface area contributed by atoms with E-state index in [1.165, 1.54) is 0 Å². The van der Waals surface area contributed by atoms with Gasteiger partial charge in [0, 0.05) is 22.9 Å². The Labute approximate surface area is 127 Å². The molecule has 0 saturated carbocycles. The lowest BCUT2D eigenvalue weighted by Gasteiger charge is -2.07. The zero-order valence-electron chi connectivity index (χ0n) is 11.1. The van der Waals surface area contributed by atoms with Gasteiger partial charge in [-0.05, 0) is 24.3 Å². The van der Waals surface area contributed by atoms with Gasteiger partial charge in [0.15, 0.2) is 0 Å². The molecule has 0 aliphatic heterocycles. The molecule has 1 aromatic heterocycles. The largest absolute Gasteiger partial charge is 0.252 e. The SMILES string of the molecule is N#Cc1cccc(-c2nccnc2Sc2ccccc2)c1. The van der Waals surface area contributed by atoms with Gasteiger partial charge in [0.25, 0.3) is 0 Å². The number of aromatic nitrogens is 2. The first-order chi connectivity index (χ1) is 10.4. The molecule has 0 fully saturated rings. The molecule has 0 N–H and O–H groups in total. The van der Waals surface area contributed by atoms with Crippen molar-refractivity contribution >= 4 is 11.8 Å². The van der Waals surface area contributed by atoms with Crippen LogP contribution in [0.2, 0.25) is 0 Å². The van der Waals surface area contributed by atoms with E-state index in [-0.39, 0.29) is 0 Å². The summed E-state index contributed by atoms with van der Waals surface area (Å²) in [6.45, 7) is 0. The summed E-state index contributed by atoms with van der Waals surface area (Å²) < 4.78 is 0. The van der Waals surface area contributed by atoms with Crippen LogP contribution in [0.4, 0.5) is 0 Å². The summed E-state index contributed by atoms with van der Waals surface area (Å²) >= 11 is 1.57. The fraction of sp³-hybridized carbons (Fsp3) is 0. The van der Waals surface area contributed by atoms with E-state index >= 15 is 0 Å². The summed E-state index contributed by atoms with van der Waals surface area (Å²) in [5, 5.41) is 9.85. The van der Waals surface area contributed by atoms with Crippen molar-refractivity contribution in [1.82, 2.24) is 9.97 Å². The Balaban J connectivity index is 2.02. The highest BCUT2D eigenvalue weighted by Gasteiger charge is 2.10. The van der Waals surface area contributed by atoms with Crippen LogP contribution in [0.1, 0.15) is 5.56 Å². The second-order valence-corrected chi connectivity index (χ2v) is 5.38. The topological polar surface area (TPSA) is 49.6 Å². The molecule has 0 aliphatic carbocycles. The molecule has 0 unspecified atom stereocenters. The molecule has 21 heavy (non-hydrogen) atoms. The lowest BCUT2D eigenvalue weighted by molar-refractivity contribution is 1.06. The van der Waals surface area contributed by atoms with Gasteiger partial charge in [0.2, 0.25) is 0 Å². The molecule has 3 aromatic rings. The summed E-state index contributed by atoms with van der Waals surface area (Å²) in [7, 11) is 0. The molecular formula is C17H11N3S. The van der Waals surface area contributed by atoms with E-state index in [1.807, 2.05) is 48.5 Å². The summed E-state index contributed by atoms with van der Waals surface area (Å²) in [6, 6.07) is 19.6. The van der Waals surface area contributed by atoms with Crippen LogP contribution in [-0.2, 0) is 0 Å². The lowest BCUT2D eigenvalue weighted by Crippen LogP contribution is -1.91. The quantitative estimate of drug-likeness (QED) is 0.726. The molecule has 1 heterocycles. The molecule has 0 radical (unpaired) electrons. The fourth-order valence-electron chi connectivity index (χ4n) is 1.93. The first kappa shape index (κ1) is 13.3. The summed E-state index contributed by atoms with van der Waals surface area (Å²) in [5.41, 5.74) is 2.32. The highest BCUT2D eigenvalue weighted by molar-refractivity contribution is 7.99. The van der Waals surface area contributed by atoms with Gasteiger partial charge in [0.1, 0.15) is 10.7 Å². The zero-order chi connectivity index (χ0) is 14.5. The molecule has 4 heteroatoms. The van der Waals surface area contributed by atoms with E-state index < -0.39 is 0 Å². The van der Waals surface area contributed by atoms with E-state index in [4.69, 9.17) is 5.26 Å². The van der Waals surface area contributed by atoms with Gasteiger partial charge < -0.3 is 0 Å². The molecule has 0 saturated heterocycles. The minimum atomic E-state index is 0.619. The average Bonchev–Trinajstić information content (AvgIpc) is 2.56. The molecule has 3 rings (SSSR count). The monoisotopic (exact) mass is 289 g/mol. The first-order valence-electron chi connectivity index (χ1n) is 6.41. The molecule has 0 aliphatic rings. The van der Waals surface area contributed by atoms with Crippen LogP contribution in [0.25, 0.3) is 11.3 Å². The van der Waals surface area contributed by atoms with Crippen molar-refractivity contribution in [3.63, 3.8) is 0 Å². The van der Waals surface area contributed by atoms with Crippen molar-refractivity contribution in [2.75, 3.05) is 0 Å². The number of hydrogen-bond acceptors (Lipinski definition) is 4. The third-order valence-electron chi connectivity index (χ3n) is 2.89. The van der Waals surface area contributed by atoms with Crippen molar-refractivity contribution in [1.29, 1.82) is 5.26 Å². The maximum atomic E-state index is 9.02. The van der Waals surface area contributed by atoms with E-state index in [1.54, 1.807) is 30.2 Å². The summed E-state index contributed by atoms with van der Waals surface area (Å²) in [6.07, 6.45) is 3.35. The van der Waals surface area contributed by atoms with E-state index in [0.717, 1.165) is 21.2 Å². The molecule has 0 amide bonds. The van der Waals surface area contributed by atoms with Crippen molar-refractivity contribution < 1.29 is 0 Å². The van der Waals surface area contributed by atoms with Crippen LogP contribution in [0, 0.1) is 11.3 Å². The van der Waals surface area contributed by atoms with Gasteiger partial charge in [0.05, 0.1) is 11.6 Å². The number of nitriles is 1. The molecular weight excluding hydrogens is 278 g/mol. The molecule has 3 nitrogen and oxygen atoms in total. The van der Waals surface area contributed by atoms with Gasteiger partial charge in [-0.15, -0.1) is 0 Å². The van der Waals surface area contributed by atoms with Gasteiger partial charge in [-0.25, -0.2) is 4.98 Å². The van der Waals surface area contributed by atoms with E-state index in [9.17, 15) is 0 Å². The smallest absolute Gasteiger partial charge is 0.127 e. The minimum absolute atomic E-state index is 0.619. The maximum absolute atomic E-state index is 9.02. The van der Waals surface area contributed by atoms with Crippen LogP contribution in [-0.4, -0.2) is 9.97 Å². The fourth-order valence-corrected chi connectivity index (χ4v) is 2.83. The number of hydrogen-bond donors (Lipinski definition) is 0. The van der Waals surface area contributed by atoms with Crippen LogP contribution >= 0.6 is 11.8 Å². The van der Waals surface area contributed by atoms with Gasteiger partial charge in [-0.2, -0.15) is 5.26 Å². The second kappa shape index (κ2) is 6.21. The van der Waals surface area contributed by atoms with Crippen molar-refractivity contribution in [3.05, 3.63) is 72.6 Å². The molecule has 0 bridgehead atoms. The second-order valence-electron chi connectivity index (χ2n) is 4.32. The van der Waals surface area contributed by atoms with Gasteiger partial charge >= 0.3 is 0 Å². The summed E-state index contributed by atoms with van der Waals surface area (Å²) in [4.78, 5) is 9.96. The van der Waals surface area contributed by atoms with Gasteiger partial charge in [-0.3, -0.25) is 4.98 Å². The average molecular weight is 289 g/mol. The zero-order valence-corrected chi connectivity index (χ0v) is 11.9. The van der Waals surface area contributed by atoms with Crippen molar-refractivity contribution in [2.24, 2.45) is 0 Å². The molecule has 100 valence electrons. The number of rotatable bonds is 3. The first-order valence-corrected chi connectivity index (χ1v) is 7.23. The van der Waals surface area contributed by atoms with Crippen molar-refractivity contribution in [2.45, 2.75) is 9.92 Å². The van der Waals surface area contributed by atoms with Crippen LogP contribution in [0.3, 0.4) is 0 Å². The van der Waals surface area contributed by atoms with Crippen LogP contribution < -0.4 is 0 Å². The Kier molecular flexibility index (Phi) is 3.95. The standard InChI is InChI=1S/C17H11N3S/c18-12-13-5-4-6-14(11-13)16-17(20-10-9-19-16)21-15-7-2-1-3-8-15/h1-11H. The Morgan fingerprint density at radius 1 is 0.905 bits per heavy atom. The Morgan fingerprint density at radius 2 is 1.71 bits per heavy atom. The summed E-state index contributed by atoms with van der Waals surface area (Å²) in [5.74, 6) is 0. The third kappa shape index (κ3) is 3.10. The normalized spacial score (nSPS) is 10.0. The molecule has 2 aromatic carbocycles. The van der Waals surface area contributed by atoms with E-state index in [2.05, 4.69) is 16.0 Å². The minimum Gasteiger partial charge on any atom is -0.252 e. The predicted octanol–water partition coefficient (Wildman–Crippen LogP) is 4.17.